The van der Waals surface area contributed by atoms with Gasteiger partial charge in [-0.25, -0.2) is 9.59 Å². The quantitative estimate of drug-likeness (QED) is 0.122. The van der Waals surface area contributed by atoms with Crippen LogP contribution in [-0.4, -0.2) is 46.1 Å². The van der Waals surface area contributed by atoms with Crippen LogP contribution in [0, 0.1) is 0 Å². The summed E-state index contributed by atoms with van der Waals surface area (Å²) in [4.78, 5) is 57.5. The topological polar surface area (TPSA) is 102 Å². The van der Waals surface area contributed by atoms with Gasteiger partial charge in [-0.2, -0.15) is 0 Å². The molecule has 1 fully saturated rings. The summed E-state index contributed by atoms with van der Waals surface area (Å²) in [6, 6.07) is 38.6. The summed E-state index contributed by atoms with van der Waals surface area (Å²) in [7, 11) is 0. The number of hydrogen-bond acceptors (Lipinski definition) is 8. The van der Waals surface area contributed by atoms with Crippen LogP contribution in [0.1, 0.15) is 39.3 Å². The Bertz CT molecular complexity index is 1910. The minimum Gasteiger partial charge on any atom is -0.451 e. The SMILES string of the molecule is O=C(Cc1cccs1)NC1C(=O)N2C(C(=O)OC(c3ccccc3)c3ccccc3)C(C(=O)OC(c3ccccc3)c3ccccc3)=CS[C@H]12. The molecule has 1 saturated heterocycles. The van der Waals surface area contributed by atoms with E-state index in [0.29, 0.717) is 0 Å². The molecule has 2 unspecified atom stereocenters. The minimum absolute atomic E-state index is 0.0234. The van der Waals surface area contributed by atoms with Crippen molar-refractivity contribution in [1.29, 1.82) is 0 Å². The lowest BCUT2D eigenvalue weighted by molar-refractivity contribution is -0.167. The molecule has 0 saturated carbocycles. The Hall–Kier alpha value is -5.45. The standard InChI is InChI=1S/C40H32N2O6S2/c43-32(24-30-22-13-23-49-30)41-33-37(44)42-34(40(46)48-36(28-18-9-3-10-19-28)29-20-11-4-12-21-29)31(25-50-38(33)42)39(45)47-35(26-14-5-1-6-15-26)27-16-7-2-8-17-27/h1-23,25,33-36,38H,24H2,(H,41,43)/t33?,34?,38-/m1/s1. The van der Waals surface area contributed by atoms with E-state index >= 15 is 0 Å². The summed E-state index contributed by atoms with van der Waals surface area (Å²) in [5, 5.41) is 5.65. The van der Waals surface area contributed by atoms with Gasteiger partial charge >= 0.3 is 11.9 Å². The maximum absolute atomic E-state index is 14.4. The van der Waals surface area contributed by atoms with Crippen molar-refractivity contribution in [2.24, 2.45) is 0 Å². The first-order valence-corrected chi connectivity index (χ1v) is 17.9. The number of thioether (sulfide) groups is 1. The molecule has 0 bridgehead atoms. The highest BCUT2D eigenvalue weighted by molar-refractivity contribution is 8.03. The van der Waals surface area contributed by atoms with Crippen LogP contribution in [0.2, 0.25) is 0 Å². The zero-order valence-corrected chi connectivity index (χ0v) is 28.3. The van der Waals surface area contributed by atoms with Crippen molar-refractivity contribution in [1.82, 2.24) is 10.2 Å². The van der Waals surface area contributed by atoms with Crippen LogP contribution >= 0.6 is 23.1 Å². The third-order valence-corrected chi connectivity index (χ3v) is 10.6. The molecule has 1 N–H and O–H groups in total. The maximum atomic E-state index is 14.4. The zero-order chi connectivity index (χ0) is 34.5. The average Bonchev–Trinajstić information content (AvgIpc) is 3.68. The number of benzene rings is 4. The van der Waals surface area contributed by atoms with Crippen LogP contribution in [0.5, 0.6) is 0 Å². The van der Waals surface area contributed by atoms with Crippen molar-refractivity contribution in [3.63, 3.8) is 0 Å². The summed E-state index contributed by atoms with van der Waals surface area (Å²) < 4.78 is 12.4. The second-order valence-electron chi connectivity index (χ2n) is 11.8. The lowest BCUT2D eigenvalue weighted by atomic mass is 9.96. The van der Waals surface area contributed by atoms with Gasteiger partial charge in [0.25, 0.3) is 0 Å². The Kier molecular flexibility index (Phi) is 9.91. The minimum atomic E-state index is -1.41. The fourth-order valence-corrected chi connectivity index (χ4v) is 8.03. The van der Waals surface area contributed by atoms with Crippen molar-refractivity contribution in [3.8, 4) is 0 Å². The first kappa shape index (κ1) is 33.1. The van der Waals surface area contributed by atoms with Gasteiger partial charge in [0.15, 0.2) is 18.2 Å². The lowest BCUT2D eigenvalue weighted by Gasteiger charge is -2.51. The van der Waals surface area contributed by atoms with E-state index in [1.807, 2.05) is 139 Å². The summed E-state index contributed by atoms with van der Waals surface area (Å²) in [5.74, 6) is -2.34. The number of carbonyl (C=O) groups is 4. The first-order chi connectivity index (χ1) is 24.5. The molecule has 0 aliphatic carbocycles. The number of esters is 2. The first-order valence-electron chi connectivity index (χ1n) is 16.1. The number of thiophene rings is 1. The number of nitrogens with zero attached hydrogens (tertiary/aromatic N) is 1. The molecule has 5 aromatic rings. The van der Waals surface area contributed by atoms with Gasteiger partial charge in [-0.15, -0.1) is 23.1 Å². The van der Waals surface area contributed by atoms with E-state index in [0.717, 1.165) is 27.1 Å². The van der Waals surface area contributed by atoms with Crippen molar-refractivity contribution in [3.05, 3.63) is 177 Å². The van der Waals surface area contributed by atoms with Gasteiger partial charge in [-0.05, 0) is 39.1 Å². The van der Waals surface area contributed by atoms with Crippen molar-refractivity contribution in [2.75, 3.05) is 0 Å². The summed E-state index contributed by atoms with van der Waals surface area (Å²) in [6.07, 6.45) is -1.45. The Labute approximate surface area is 297 Å². The number of nitrogens with one attached hydrogen (secondary N) is 1. The van der Waals surface area contributed by atoms with Crippen LogP contribution in [0.3, 0.4) is 0 Å². The van der Waals surface area contributed by atoms with Crippen LogP contribution in [0.25, 0.3) is 0 Å². The molecule has 250 valence electrons. The number of fused-ring (bicyclic) bond motifs is 1. The second-order valence-corrected chi connectivity index (χ2v) is 13.8. The van der Waals surface area contributed by atoms with Gasteiger partial charge in [0.2, 0.25) is 11.8 Å². The van der Waals surface area contributed by atoms with Crippen molar-refractivity contribution >= 4 is 46.9 Å². The molecular formula is C40H32N2O6S2. The van der Waals surface area contributed by atoms with Crippen LogP contribution in [-0.2, 0) is 35.1 Å². The molecule has 10 heteroatoms. The molecule has 3 heterocycles. The molecule has 8 nitrogen and oxygen atoms in total. The molecule has 7 rings (SSSR count). The third-order valence-electron chi connectivity index (χ3n) is 8.55. The van der Waals surface area contributed by atoms with Gasteiger partial charge in [0, 0.05) is 4.88 Å². The molecule has 4 aromatic carbocycles. The largest absolute Gasteiger partial charge is 0.451 e. The summed E-state index contributed by atoms with van der Waals surface area (Å²) in [6.45, 7) is 0. The van der Waals surface area contributed by atoms with Gasteiger partial charge in [-0.1, -0.05) is 127 Å². The number of amides is 2. The molecule has 50 heavy (non-hydrogen) atoms. The zero-order valence-electron chi connectivity index (χ0n) is 26.7. The molecular weight excluding hydrogens is 669 g/mol. The van der Waals surface area contributed by atoms with E-state index in [-0.39, 0.29) is 17.9 Å². The molecule has 1 aromatic heterocycles. The van der Waals surface area contributed by atoms with E-state index < -0.39 is 47.5 Å². The van der Waals surface area contributed by atoms with E-state index in [1.165, 1.54) is 28.0 Å². The van der Waals surface area contributed by atoms with Crippen LogP contribution in [0.15, 0.2) is 150 Å². The molecule has 2 aliphatic rings. The molecule has 3 atom stereocenters. The van der Waals surface area contributed by atoms with E-state index in [2.05, 4.69) is 5.32 Å². The number of ether oxygens (including phenoxy) is 2. The Morgan fingerprint density at radius 2 is 1.18 bits per heavy atom. The number of hydrogen-bond donors (Lipinski definition) is 1. The van der Waals surface area contributed by atoms with Gasteiger partial charge < -0.3 is 19.7 Å². The lowest BCUT2D eigenvalue weighted by Crippen LogP contribution is -2.74. The summed E-state index contributed by atoms with van der Waals surface area (Å²) >= 11 is 2.64. The second kappa shape index (κ2) is 15.0. The van der Waals surface area contributed by atoms with E-state index in [1.54, 1.807) is 5.41 Å². The summed E-state index contributed by atoms with van der Waals surface area (Å²) in [5.41, 5.74) is 2.92. The molecule has 0 radical (unpaired) electrons. The number of β-lactam (4-membered cyclic amide) rings is 1. The Morgan fingerprint density at radius 1 is 0.680 bits per heavy atom. The molecule has 0 spiro atoms. The van der Waals surface area contributed by atoms with E-state index in [4.69, 9.17) is 9.47 Å². The monoisotopic (exact) mass is 700 g/mol. The highest BCUT2D eigenvalue weighted by atomic mass is 32.2. The third kappa shape index (κ3) is 6.99. The highest BCUT2D eigenvalue weighted by Gasteiger charge is 2.58. The number of carbonyl (C=O) groups excluding carboxylic acids is 4. The predicted octanol–water partition coefficient (Wildman–Crippen LogP) is 6.61. The van der Waals surface area contributed by atoms with Crippen molar-refractivity contribution in [2.45, 2.75) is 36.1 Å². The smallest absolute Gasteiger partial charge is 0.338 e. The predicted molar refractivity (Wildman–Crippen MR) is 192 cm³/mol. The van der Waals surface area contributed by atoms with Gasteiger partial charge in [-0.3, -0.25) is 9.59 Å². The Balaban J connectivity index is 1.20. The van der Waals surface area contributed by atoms with Crippen molar-refractivity contribution < 1.29 is 28.7 Å². The van der Waals surface area contributed by atoms with Crippen LogP contribution < -0.4 is 5.32 Å². The highest BCUT2D eigenvalue weighted by Crippen LogP contribution is 2.42. The van der Waals surface area contributed by atoms with E-state index in [9.17, 15) is 19.2 Å². The normalized spacial score (nSPS) is 18.1. The van der Waals surface area contributed by atoms with Gasteiger partial charge in [0.05, 0.1) is 12.0 Å². The molecule has 2 amide bonds. The van der Waals surface area contributed by atoms with Gasteiger partial charge in [0.1, 0.15) is 11.4 Å². The maximum Gasteiger partial charge on any atom is 0.338 e. The number of rotatable bonds is 11. The van der Waals surface area contributed by atoms with Crippen LogP contribution in [0.4, 0.5) is 0 Å². The molecule has 2 aliphatic heterocycles. The Morgan fingerprint density at radius 3 is 1.66 bits per heavy atom. The fourth-order valence-electron chi connectivity index (χ4n) is 6.12. The average molecular weight is 701 g/mol. The fraction of sp³-hybridized carbons (Fsp3) is 0.150.